The van der Waals surface area contributed by atoms with Gasteiger partial charge >= 0.3 is 0 Å². The molecule has 2 nitrogen and oxygen atoms in total. The molecule has 0 spiro atoms. The Labute approximate surface area is 67.9 Å². The van der Waals surface area contributed by atoms with Gasteiger partial charge in [0, 0.05) is 0 Å². The fourth-order valence-electron chi connectivity index (χ4n) is 2.85. The zero-order valence-electron chi connectivity index (χ0n) is 6.92. The van der Waals surface area contributed by atoms with Gasteiger partial charge in [-0.05, 0) is 37.5 Å². The normalized spacial score (nSPS) is 43.5. The van der Waals surface area contributed by atoms with Gasteiger partial charge in [-0.25, -0.2) is 5.53 Å². The molecule has 62 valence electrons. The minimum Gasteiger partial charge on any atom is -0.210 e. The van der Waals surface area contributed by atoms with Crippen molar-refractivity contribution in [1.82, 2.24) is 0 Å². The van der Waals surface area contributed by atoms with Crippen molar-refractivity contribution in [2.45, 2.75) is 44.6 Å². The number of hydrogen-bond donors (Lipinski definition) is 1. The molecule has 2 saturated carbocycles. The maximum Gasteiger partial charge on any atom is 0.0761 e. The third-order valence-corrected chi connectivity index (χ3v) is 3.41. The van der Waals surface area contributed by atoms with Gasteiger partial charge in [0.25, 0.3) is 0 Å². The molecule has 2 aliphatic rings. The molecule has 2 fully saturated rings. The highest BCUT2D eigenvalue weighted by atomic mass is 15.0. The number of nitrogens with zero attached hydrogens (tertiary/aromatic N) is 1. The van der Waals surface area contributed by atoms with Crippen molar-refractivity contribution in [2.75, 3.05) is 0 Å². The molecule has 0 saturated heterocycles. The van der Waals surface area contributed by atoms with Gasteiger partial charge in [0.15, 0.2) is 0 Å². The van der Waals surface area contributed by atoms with Crippen molar-refractivity contribution in [3.05, 3.63) is 0 Å². The van der Waals surface area contributed by atoms with E-state index in [2.05, 4.69) is 5.11 Å². The van der Waals surface area contributed by atoms with Crippen LogP contribution in [0.5, 0.6) is 0 Å². The zero-order chi connectivity index (χ0) is 7.68. The van der Waals surface area contributed by atoms with Crippen LogP contribution in [0.2, 0.25) is 0 Å². The van der Waals surface area contributed by atoms with Crippen LogP contribution in [0, 0.1) is 17.4 Å². The zero-order valence-corrected chi connectivity index (χ0v) is 6.92. The predicted molar refractivity (Wildman–Crippen MR) is 43.6 cm³/mol. The number of fused-ring (bicyclic) bond motifs is 2. The molecular weight excluding hydrogens is 136 g/mol. The first-order valence-electron chi connectivity index (χ1n) is 4.78. The van der Waals surface area contributed by atoms with E-state index in [0.717, 1.165) is 11.8 Å². The van der Waals surface area contributed by atoms with Crippen LogP contribution in [0.3, 0.4) is 0 Å². The molecule has 0 aromatic heterocycles. The van der Waals surface area contributed by atoms with Gasteiger partial charge in [-0.15, -0.1) is 0 Å². The summed E-state index contributed by atoms with van der Waals surface area (Å²) in [5.74, 6) is 1.56. The van der Waals surface area contributed by atoms with E-state index in [1.165, 1.54) is 38.5 Å². The summed E-state index contributed by atoms with van der Waals surface area (Å²) in [6.07, 6.45) is 8.13. The van der Waals surface area contributed by atoms with Crippen LogP contribution in [-0.4, -0.2) is 6.04 Å². The Morgan fingerprint density at radius 1 is 0.909 bits per heavy atom. The molecule has 2 bridgehead atoms. The van der Waals surface area contributed by atoms with E-state index in [1.807, 2.05) is 0 Å². The van der Waals surface area contributed by atoms with Gasteiger partial charge in [0.1, 0.15) is 0 Å². The third kappa shape index (κ3) is 1.19. The second kappa shape index (κ2) is 2.92. The second-order valence-corrected chi connectivity index (χ2v) is 4.00. The Kier molecular flexibility index (Phi) is 1.93. The summed E-state index contributed by atoms with van der Waals surface area (Å²) in [6.45, 7) is 0. The van der Waals surface area contributed by atoms with E-state index >= 15 is 0 Å². The van der Waals surface area contributed by atoms with Crippen LogP contribution in [-0.2, 0) is 0 Å². The van der Waals surface area contributed by atoms with Gasteiger partial charge in [-0.1, -0.05) is 12.8 Å². The fourth-order valence-corrected chi connectivity index (χ4v) is 2.85. The highest BCUT2D eigenvalue weighted by Crippen LogP contribution is 2.41. The lowest BCUT2D eigenvalue weighted by molar-refractivity contribution is 0.147. The van der Waals surface area contributed by atoms with Crippen LogP contribution >= 0.6 is 0 Å². The lowest BCUT2D eigenvalue weighted by Gasteiger charge is -2.39. The van der Waals surface area contributed by atoms with Crippen LogP contribution in [0.4, 0.5) is 0 Å². The average Bonchev–Trinajstić information content (AvgIpc) is 2.03. The van der Waals surface area contributed by atoms with Gasteiger partial charge in [-0.3, -0.25) is 0 Å². The SMILES string of the molecule is N=NC1C2CCCC1CCC2. The minimum absolute atomic E-state index is 0.414. The molecule has 1 N–H and O–H groups in total. The second-order valence-electron chi connectivity index (χ2n) is 4.00. The van der Waals surface area contributed by atoms with E-state index in [-0.39, 0.29) is 0 Å². The monoisotopic (exact) mass is 152 g/mol. The molecule has 0 aliphatic heterocycles. The molecule has 0 radical (unpaired) electrons. The number of hydrogen-bond acceptors (Lipinski definition) is 2. The van der Waals surface area contributed by atoms with E-state index < -0.39 is 0 Å². The summed E-state index contributed by atoms with van der Waals surface area (Å²) in [4.78, 5) is 0. The summed E-state index contributed by atoms with van der Waals surface area (Å²) >= 11 is 0. The topological polar surface area (TPSA) is 36.2 Å². The van der Waals surface area contributed by atoms with Crippen molar-refractivity contribution in [3.63, 3.8) is 0 Å². The highest BCUT2D eigenvalue weighted by Gasteiger charge is 2.35. The van der Waals surface area contributed by atoms with Crippen molar-refractivity contribution >= 4 is 0 Å². The fraction of sp³-hybridized carbons (Fsp3) is 1.00. The first-order chi connectivity index (χ1) is 5.42. The van der Waals surface area contributed by atoms with Crippen LogP contribution in [0.1, 0.15) is 38.5 Å². The standard InChI is InChI=1S/C9H16N2/c10-11-9-7-3-1-4-8(9)6-2-5-7/h7-10H,1-6H2. The van der Waals surface area contributed by atoms with E-state index in [1.54, 1.807) is 0 Å². The number of nitrogens with one attached hydrogen (secondary N) is 1. The van der Waals surface area contributed by atoms with Crippen LogP contribution in [0.25, 0.3) is 0 Å². The lowest BCUT2D eigenvalue weighted by atomic mass is 9.69. The molecule has 0 atom stereocenters. The molecule has 0 aromatic carbocycles. The minimum atomic E-state index is 0.414. The van der Waals surface area contributed by atoms with Crippen molar-refractivity contribution < 1.29 is 0 Å². The molecule has 2 aliphatic carbocycles. The van der Waals surface area contributed by atoms with Gasteiger partial charge in [0.05, 0.1) is 6.04 Å². The van der Waals surface area contributed by atoms with E-state index in [9.17, 15) is 0 Å². The Bertz CT molecular complexity index is 134. The predicted octanol–water partition coefficient (Wildman–Crippen LogP) is 2.99. The molecule has 2 heteroatoms. The molecule has 2 rings (SSSR count). The summed E-state index contributed by atoms with van der Waals surface area (Å²) in [7, 11) is 0. The van der Waals surface area contributed by atoms with Crippen molar-refractivity contribution in [3.8, 4) is 0 Å². The Balaban J connectivity index is 2.10. The summed E-state index contributed by atoms with van der Waals surface area (Å²) in [6, 6.07) is 0.414. The Morgan fingerprint density at radius 2 is 1.36 bits per heavy atom. The maximum atomic E-state index is 7.12. The maximum absolute atomic E-state index is 7.12. The van der Waals surface area contributed by atoms with E-state index in [0.29, 0.717) is 6.04 Å². The highest BCUT2D eigenvalue weighted by molar-refractivity contribution is 4.89. The Hall–Kier alpha value is -0.400. The molecule has 0 aromatic rings. The van der Waals surface area contributed by atoms with E-state index in [4.69, 9.17) is 5.53 Å². The molecular formula is C9H16N2. The van der Waals surface area contributed by atoms with Gasteiger partial charge in [-0.2, -0.15) is 5.11 Å². The molecule has 0 heterocycles. The number of rotatable bonds is 1. The molecule has 0 unspecified atom stereocenters. The first-order valence-corrected chi connectivity index (χ1v) is 4.78. The first kappa shape index (κ1) is 7.26. The largest absolute Gasteiger partial charge is 0.210 e. The quantitative estimate of drug-likeness (QED) is 0.561. The third-order valence-electron chi connectivity index (χ3n) is 3.41. The average molecular weight is 152 g/mol. The van der Waals surface area contributed by atoms with Gasteiger partial charge < -0.3 is 0 Å². The van der Waals surface area contributed by atoms with Crippen molar-refractivity contribution in [1.29, 1.82) is 5.53 Å². The van der Waals surface area contributed by atoms with Gasteiger partial charge in [0.2, 0.25) is 0 Å². The summed E-state index contributed by atoms with van der Waals surface area (Å²) in [5.41, 5.74) is 7.12. The Morgan fingerprint density at radius 3 is 1.64 bits per heavy atom. The molecule has 0 amide bonds. The lowest BCUT2D eigenvalue weighted by Crippen LogP contribution is -2.35. The molecule has 11 heavy (non-hydrogen) atoms. The van der Waals surface area contributed by atoms with Crippen LogP contribution in [0.15, 0.2) is 5.11 Å². The smallest absolute Gasteiger partial charge is 0.0761 e. The van der Waals surface area contributed by atoms with Crippen LogP contribution < -0.4 is 0 Å². The summed E-state index contributed by atoms with van der Waals surface area (Å²) < 4.78 is 0. The van der Waals surface area contributed by atoms with Crippen molar-refractivity contribution in [2.24, 2.45) is 17.0 Å². The summed E-state index contributed by atoms with van der Waals surface area (Å²) in [5, 5.41) is 3.78.